The van der Waals surface area contributed by atoms with Crippen LogP contribution >= 0.6 is 0 Å². The first-order chi connectivity index (χ1) is 18.3. The quantitative estimate of drug-likeness (QED) is 0.175. The van der Waals surface area contributed by atoms with Crippen LogP contribution in [-0.4, -0.2) is 51.0 Å². The van der Waals surface area contributed by atoms with Gasteiger partial charge < -0.3 is 31.3 Å². The van der Waals surface area contributed by atoms with Crippen LogP contribution in [0.25, 0.3) is 0 Å². The Bertz CT molecular complexity index is 1180. The van der Waals surface area contributed by atoms with Crippen LogP contribution in [0, 0.1) is 22.0 Å². The molecule has 3 atom stereocenters. The number of para-hydroxylation sites is 1. The highest BCUT2D eigenvalue weighted by molar-refractivity contribution is 5.91. The maximum absolute atomic E-state index is 13.1. The highest BCUT2D eigenvalue weighted by Gasteiger charge is 2.31. The minimum Gasteiger partial charge on any atom is -0.504 e. The molecule has 2 amide bonds. The summed E-state index contributed by atoms with van der Waals surface area (Å²) in [5.41, 5.74) is 4.55. The number of phenolic OH excluding ortho intramolecular Hbond substituents is 1. The second-order valence-corrected chi connectivity index (χ2v) is 10.1. The maximum Gasteiger partial charge on any atom is 0.326 e. The molecule has 0 heterocycles. The summed E-state index contributed by atoms with van der Waals surface area (Å²) in [6.45, 7) is 7.04. The van der Waals surface area contributed by atoms with Crippen molar-refractivity contribution < 1.29 is 40.0 Å². The van der Waals surface area contributed by atoms with Crippen molar-refractivity contribution in [3.63, 3.8) is 0 Å². The Morgan fingerprint density at radius 3 is 2.28 bits per heavy atom. The van der Waals surface area contributed by atoms with Gasteiger partial charge in [0.1, 0.15) is 18.7 Å². The second-order valence-electron chi connectivity index (χ2n) is 10.1. The Hall–Kier alpha value is -4.19. The summed E-state index contributed by atoms with van der Waals surface area (Å²) in [4.78, 5) is 48.2. The Morgan fingerprint density at radius 1 is 1.05 bits per heavy atom. The van der Waals surface area contributed by atoms with Gasteiger partial charge in [-0.15, -0.1) is 0 Å². The smallest absolute Gasteiger partial charge is 0.326 e. The van der Waals surface area contributed by atoms with E-state index in [-0.39, 0.29) is 36.1 Å². The number of amides is 2. The molecule has 0 bridgehead atoms. The molecule has 0 saturated carbocycles. The standard InChI is InChI=1S/C27H36N4O8/c1-15(2)11-19(28)25(33)29-20(26(34)30-24(16(3)4)27(35)36)12-17-9-10-23(22(32)13-17)39-14-18-7-5-6-8-21(18)31(37)38/h5-10,13,15-16,19-20,24,32H,11-12,14,28H2,1-4H3,(H,29,33)(H,30,34)(H,35,36)/p+1/t19-,20-,24-/m0/s1. The Morgan fingerprint density at radius 2 is 1.72 bits per heavy atom. The number of nitrogens with one attached hydrogen (secondary N) is 2. The molecule has 12 nitrogen and oxygen atoms in total. The Balaban J connectivity index is 2.22. The number of carboxylic acid groups (broad SMARTS) is 1. The molecule has 12 heteroatoms. The summed E-state index contributed by atoms with van der Waals surface area (Å²) >= 11 is 0. The van der Waals surface area contributed by atoms with Gasteiger partial charge in [-0.3, -0.25) is 19.7 Å². The third-order valence-corrected chi connectivity index (χ3v) is 6.02. The minimum absolute atomic E-state index is 0.0472. The number of aliphatic carboxylic acids is 1. The number of nitrogens with zero attached hydrogens (tertiary/aromatic N) is 1. The predicted octanol–water partition coefficient (Wildman–Crippen LogP) is 1.79. The van der Waals surface area contributed by atoms with Gasteiger partial charge in [0.2, 0.25) is 5.91 Å². The van der Waals surface area contributed by atoms with Crippen molar-refractivity contribution in [2.45, 2.75) is 65.3 Å². The lowest BCUT2D eigenvalue weighted by Gasteiger charge is -2.24. The number of ether oxygens (including phenoxy) is 1. The van der Waals surface area contributed by atoms with Gasteiger partial charge in [0.25, 0.3) is 11.6 Å². The third-order valence-electron chi connectivity index (χ3n) is 6.02. The number of aromatic hydroxyl groups is 1. The lowest BCUT2D eigenvalue weighted by Crippen LogP contribution is -2.69. The van der Waals surface area contributed by atoms with Crippen molar-refractivity contribution in [3.05, 3.63) is 63.7 Å². The van der Waals surface area contributed by atoms with Crippen LogP contribution in [0.2, 0.25) is 0 Å². The van der Waals surface area contributed by atoms with Crippen molar-refractivity contribution in [2.24, 2.45) is 11.8 Å². The Labute approximate surface area is 226 Å². The number of rotatable bonds is 14. The molecule has 0 aliphatic heterocycles. The molecule has 0 aromatic heterocycles. The summed E-state index contributed by atoms with van der Waals surface area (Å²) in [6, 6.07) is 7.56. The van der Waals surface area contributed by atoms with E-state index in [2.05, 4.69) is 16.4 Å². The zero-order valence-corrected chi connectivity index (χ0v) is 22.5. The van der Waals surface area contributed by atoms with Crippen LogP contribution in [0.3, 0.4) is 0 Å². The lowest BCUT2D eigenvalue weighted by atomic mass is 10.00. The van der Waals surface area contributed by atoms with Gasteiger partial charge in [-0.05, 0) is 35.6 Å². The Kier molecular flexibility index (Phi) is 11.2. The fourth-order valence-corrected chi connectivity index (χ4v) is 3.96. The molecule has 212 valence electrons. The number of hydrogen-bond acceptors (Lipinski definition) is 7. The van der Waals surface area contributed by atoms with E-state index >= 15 is 0 Å². The molecule has 0 saturated heterocycles. The first kappa shape index (κ1) is 31.0. The zero-order valence-electron chi connectivity index (χ0n) is 22.5. The van der Waals surface area contributed by atoms with Gasteiger partial charge in [0, 0.05) is 18.9 Å². The first-order valence-electron chi connectivity index (χ1n) is 12.6. The topological polar surface area (TPSA) is 196 Å². The molecular weight excluding hydrogens is 508 g/mol. The van der Waals surface area contributed by atoms with Crippen LogP contribution in [0.5, 0.6) is 11.5 Å². The van der Waals surface area contributed by atoms with Crippen LogP contribution < -0.4 is 21.1 Å². The molecule has 39 heavy (non-hydrogen) atoms. The fourth-order valence-electron chi connectivity index (χ4n) is 3.96. The third kappa shape index (κ3) is 9.25. The summed E-state index contributed by atoms with van der Waals surface area (Å²) in [5.74, 6) is -2.73. The van der Waals surface area contributed by atoms with E-state index in [1.165, 1.54) is 18.2 Å². The number of carbonyl (C=O) groups excluding carboxylic acids is 2. The fraction of sp³-hybridized carbons (Fsp3) is 0.444. The molecule has 0 fully saturated rings. The number of hydrogen-bond donors (Lipinski definition) is 5. The van der Waals surface area contributed by atoms with Crippen molar-refractivity contribution >= 4 is 23.5 Å². The number of nitro groups is 1. The van der Waals surface area contributed by atoms with Gasteiger partial charge in [-0.2, -0.15) is 0 Å². The highest BCUT2D eigenvalue weighted by Crippen LogP contribution is 2.29. The SMILES string of the molecule is CC(C)C[C@H]([NH3+])C(=O)N[C@@H](Cc1ccc(OCc2ccccc2[N+](=O)[O-])c(O)c1)C(=O)N[C@H](C(=O)O)C(C)C. The van der Waals surface area contributed by atoms with Gasteiger partial charge in [0.05, 0.1) is 10.5 Å². The summed E-state index contributed by atoms with van der Waals surface area (Å²) in [5, 5.41) is 36.4. The van der Waals surface area contributed by atoms with Crippen molar-refractivity contribution in [1.29, 1.82) is 0 Å². The maximum atomic E-state index is 13.1. The predicted molar refractivity (Wildman–Crippen MR) is 142 cm³/mol. The molecule has 0 spiro atoms. The molecule has 0 unspecified atom stereocenters. The largest absolute Gasteiger partial charge is 0.504 e. The van der Waals surface area contributed by atoms with E-state index < -0.39 is 46.8 Å². The monoisotopic (exact) mass is 545 g/mol. The second kappa shape index (κ2) is 14.1. The first-order valence-corrected chi connectivity index (χ1v) is 12.6. The number of quaternary nitrogens is 1. The summed E-state index contributed by atoms with van der Waals surface area (Å²) in [7, 11) is 0. The summed E-state index contributed by atoms with van der Waals surface area (Å²) < 4.78 is 5.58. The van der Waals surface area contributed by atoms with Crippen molar-refractivity contribution in [3.8, 4) is 11.5 Å². The number of nitro benzene ring substituents is 1. The molecular formula is C27H37N4O8+. The van der Waals surface area contributed by atoms with Gasteiger partial charge in [-0.25, -0.2) is 4.79 Å². The van der Waals surface area contributed by atoms with Crippen molar-refractivity contribution in [1.82, 2.24) is 10.6 Å². The average molecular weight is 546 g/mol. The van der Waals surface area contributed by atoms with Crippen LogP contribution in [0.15, 0.2) is 42.5 Å². The molecule has 0 aliphatic carbocycles. The van der Waals surface area contributed by atoms with Crippen LogP contribution in [0.1, 0.15) is 45.2 Å². The number of benzene rings is 2. The van der Waals surface area contributed by atoms with E-state index in [0.29, 0.717) is 17.5 Å². The average Bonchev–Trinajstić information content (AvgIpc) is 2.85. The minimum atomic E-state index is -1.20. The summed E-state index contributed by atoms with van der Waals surface area (Å²) in [6.07, 6.45) is 0.449. The molecule has 0 radical (unpaired) electrons. The molecule has 0 aliphatic rings. The number of carbonyl (C=O) groups is 3. The van der Waals surface area contributed by atoms with Gasteiger partial charge in [0.15, 0.2) is 17.5 Å². The van der Waals surface area contributed by atoms with E-state index in [1.54, 1.807) is 38.1 Å². The van der Waals surface area contributed by atoms with Crippen LogP contribution in [0.4, 0.5) is 5.69 Å². The van der Waals surface area contributed by atoms with E-state index in [9.17, 15) is 34.7 Å². The van der Waals surface area contributed by atoms with E-state index in [0.717, 1.165) is 0 Å². The van der Waals surface area contributed by atoms with Crippen molar-refractivity contribution in [2.75, 3.05) is 0 Å². The highest BCUT2D eigenvalue weighted by atomic mass is 16.6. The van der Waals surface area contributed by atoms with Gasteiger partial charge >= 0.3 is 5.97 Å². The molecule has 2 aromatic carbocycles. The normalized spacial score (nSPS) is 13.4. The molecule has 2 aromatic rings. The van der Waals surface area contributed by atoms with Gasteiger partial charge in [-0.1, -0.05) is 45.9 Å². The number of phenols is 1. The molecule has 7 N–H and O–H groups in total. The van der Waals surface area contributed by atoms with E-state index in [1.807, 2.05) is 13.8 Å². The van der Waals surface area contributed by atoms with E-state index in [4.69, 9.17) is 4.74 Å². The zero-order chi connectivity index (χ0) is 29.3. The number of carboxylic acids is 1. The molecule has 2 rings (SSSR count). The van der Waals surface area contributed by atoms with Crippen LogP contribution in [-0.2, 0) is 27.4 Å². The lowest BCUT2D eigenvalue weighted by molar-refractivity contribution is -0.406.